The second kappa shape index (κ2) is 6.86. The maximum absolute atomic E-state index is 13.0. The Kier molecular flexibility index (Phi) is 5.39. The lowest BCUT2D eigenvalue weighted by Crippen LogP contribution is -2.43. The molecule has 2 rings (SSSR count). The van der Waals surface area contributed by atoms with Crippen LogP contribution in [0.3, 0.4) is 0 Å². The summed E-state index contributed by atoms with van der Waals surface area (Å²) in [7, 11) is -0.971. The molecule has 1 aliphatic rings. The third-order valence-electron chi connectivity index (χ3n) is 4.48. The fourth-order valence-corrected chi connectivity index (χ4v) is 5.15. The quantitative estimate of drug-likeness (QED) is 0.919. The molecular weight excluding hydrogens is 266 g/mol. The minimum absolute atomic E-state index is 0.0869. The summed E-state index contributed by atoms with van der Waals surface area (Å²) in [6.07, 6.45) is 5.70. The van der Waals surface area contributed by atoms with E-state index in [-0.39, 0.29) is 11.3 Å². The van der Waals surface area contributed by atoms with Gasteiger partial charge in [-0.15, -0.1) is 0 Å². The van der Waals surface area contributed by atoms with Crippen LogP contribution in [0.4, 0.5) is 0 Å². The average Bonchev–Trinajstić information content (AvgIpc) is 2.43. The van der Waals surface area contributed by atoms with Crippen LogP contribution in [0.5, 0.6) is 0 Å². The van der Waals surface area contributed by atoms with E-state index in [1.54, 1.807) is 0 Å². The minimum Gasteiger partial charge on any atom is -0.327 e. The van der Waals surface area contributed by atoms with Crippen molar-refractivity contribution in [3.05, 3.63) is 29.3 Å². The lowest BCUT2D eigenvalue weighted by Gasteiger charge is -2.33. The highest BCUT2D eigenvalue weighted by atomic mass is 32.2. The Hall–Kier alpha value is -0.670. The molecule has 3 heteroatoms. The van der Waals surface area contributed by atoms with Crippen molar-refractivity contribution in [2.24, 2.45) is 11.7 Å². The topological polar surface area (TPSA) is 43.1 Å². The van der Waals surface area contributed by atoms with Gasteiger partial charge in [-0.1, -0.05) is 31.9 Å². The molecule has 0 heterocycles. The number of hydrogen-bond acceptors (Lipinski definition) is 2. The van der Waals surface area contributed by atoms with Crippen molar-refractivity contribution in [2.75, 3.05) is 0 Å². The zero-order valence-electron chi connectivity index (χ0n) is 12.9. The molecule has 1 aromatic rings. The summed E-state index contributed by atoms with van der Waals surface area (Å²) in [6, 6.07) is 6.31. The Labute approximate surface area is 125 Å². The van der Waals surface area contributed by atoms with Gasteiger partial charge in [0.1, 0.15) is 0 Å². The Morgan fingerprint density at radius 2 is 2.05 bits per heavy atom. The summed E-state index contributed by atoms with van der Waals surface area (Å²) in [6.45, 7) is 6.33. The van der Waals surface area contributed by atoms with Crippen molar-refractivity contribution in [1.82, 2.24) is 0 Å². The molecule has 0 aliphatic heterocycles. The van der Waals surface area contributed by atoms with Crippen LogP contribution in [0.15, 0.2) is 23.1 Å². The Morgan fingerprint density at radius 3 is 2.75 bits per heavy atom. The van der Waals surface area contributed by atoms with Crippen LogP contribution in [0.25, 0.3) is 0 Å². The van der Waals surface area contributed by atoms with E-state index in [0.717, 1.165) is 23.3 Å². The van der Waals surface area contributed by atoms with Gasteiger partial charge >= 0.3 is 0 Å². The van der Waals surface area contributed by atoms with Gasteiger partial charge in [0, 0.05) is 10.9 Å². The predicted octanol–water partition coefficient (Wildman–Crippen LogP) is 3.71. The molecule has 1 fully saturated rings. The molecule has 0 bridgehead atoms. The van der Waals surface area contributed by atoms with Gasteiger partial charge in [-0.2, -0.15) is 0 Å². The van der Waals surface area contributed by atoms with Gasteiger partial charge in [0.25, 0.3) is 0 Å². The van der Waals surface area contributed by atoms with Crippen molar-refractivity contribution < 1.29 is 4.21 Å². The molecule has 0 aromatic heterocycles. The van der Waals surface area contributed by atoms with Crippen LogP contribution < -0.4 is 5.73 Å². The van der Waals surface area contributed by atoms with Crippen LogP contribution in [0.2, 0.25) is 0 Å². The van der Waals surface area contributed by atoms with Crippen LogP contribution in [0.1, 0.15) is 50.2 Å². The van der Waals surface area contributed by atoms with Crippen molar-refractivity contribution in [1.29, 1.82) is 0 Å². The molecule has 4 unspecified atom stereocenters. The van der Waals surface area contributed by atoms with E-state index in [0.29, 0.717) is 5.92 Å². The summed E-state index contributed by atoms with van der Waals surface area (Å²) in [5, 5.41) is 0.126. The molecule has 112 valence electrons. The number of benzene rings is 1. The maximum Gasteiger partial charge on any atom is 0.0579 e. The van der Waals surface area contributed by atoms with Crippen LogP contribution in [-0.4, -0.2) is 15.5 Å². The largest absolute Gasteiger partial charge is 0.327 e. The highest BCUT2D eigenvalue weighted by Gasteiger charge is 2.33. The van der Waals surface area contributed by atoms with Crippen molar-refractivity contribution in [2.45, 2.75) is 69.1 Å². The van der Waals surface area contributed by atoms with E-state index in [9.17, 15) is 4.21 Å². The second-order valence-corrected chi connectivity index (χ2v) is 7.88. The maximum atomic E-state index is 13.0. The molecule has 2 N–H and O–H groups in total. The first-order chi connectivity index (χ1) is 9.52. The van der Waals surface area contributed by atoms with Gasteiger partial charge in [0.15, 0.2) is 0 Å². The van der Waals surface area contributed by atoms with Crippen LogP contribution >= 0.6 is 0 Å². The fraction of sp³-hybridized carbons (Fsp3) is 0.647. The first-order valence-electron chi connectivity index (χ1n) is 7.76. The summed E-state index contributed by atoms with van der Waals surface area (Å²) in [4.78, 5) is 0.989. The molecule has 0 saturated heterocycles. The van der Waals surface area contributed by atoms with Gasteiger partial charge in [0.05, 0.1) is 16.0 Å². The summed E-state index contributed by atoms with van der Waals surface area (Å²) in [5.74, 6) is 0.707. The SMILES string of the molecule is CCCC1CCC(N)C(S(=O)c2cc(C)ccc2C)C1. The minimum atomic E-state index is -0.971. The molecule has 20 heavy (non-hydrogen) atoms. The molecule has 2 nitrogen and oxygen atoms in total. The molecule has 4 atom stereocenters. The van der Waals surface area contributed by atoms with Crippen molar-refractivity contribution in [3.8, 4) is 0 Å². The molecule has 0 spiro atoms. The van der Waals surface area contributed by atoms with E-state index < -0.39 is 10.8 Å². The molecule has 1 saturated carbocycles. The van der Waals surface area contributed by atoms with Gasteiger partial charge in [-0.05, 0) is 56.2 Å². The third kappa shape index (κ3) is 3.50. The van der Waals surface area contributed by atoms with Gasteiger partial charge in [0.2, 0.25) is 0 Å². The molecule has 1 aromatic carbocycles. The summed E-state index contributed by atoms with van der Waals surface area (Å²) >= 11 is 0. The molecule has 1 aliphatic carbocycles. The zero-order chi connectivity index (χ0) is 14.7. The van der Waals surface area contributed by atoms with Crippen LogP contribution in [-0.2, 0) is 10.8 Å². The highest BCUT2D eigenvalue weighted by Crippen LogP contribution is 2.32. The Bertz CT molecular complexity index is 486. The van der Waals surface area contributed by atoms with E-state index >= 15 is 0 Å². The lowest BCUT2D eigenvalue weighted by atomic mass is 9.83. The second-order valence-electron chi connectivity index (χ2n) is 6.24. The van der Waals surface area contributed by atoms with Crippen molar-refractivity contribution >= 4 is 10.8 Å². The molecule has 0 radical (unpaired) electrons. The zero-order valence-corrected chi connectivity index (χ0v) is 13.7. The number of hydrogen-bond donors (Lipinski definition) is 1. The monoisotopic (exact) mass is 293 g/mol. The van der Waals surface area contributed by atoms with Crippen LogP contribution in [0, 0.1) is 19.8 Å². The van der Waals surface area contributed by atoms with Crippen molar-refractivity contribution in [3.63, 3.8) is 0 Å². The normalized spacial score (nSPS) is 28.3. The van der Waals surface area contributed by atoms with Gasteiger partial charge in [-0.25, -0.2) is 0 Å². The van der Waals surface area contributed by atoms with E-state index in [2.05, 4.69) is 32.0 Å². The lowest BCUT2D eigenvalue weighted by molar-refractivity contribution is 0.313. The first kappa shape index (κ1) is 15.7. The molecule has 0 amide bonds. The predicted molar refractivity (Wildman–Crippen MR) is 86.3 cm³/mol. The summed E-state index contributed by atoms with van der Waals surface area (Å²) in [5.41, 5.74) is 8.57. The van der Waals surface area contributed by atoms with E-state index in [1.807, 2.05) is 6.92 Å². The fourth-order valence-electron chi connectivity index (χ4n) is 3.24. The van der Waals surface area contributed by atoms with E-state index in [4.69, 9.17) is 5.73 Å². The smallest absolute Gasteiger partial charge is 0.0579 e. The first-order valence-corrected chi connectivity index (χ1v) is 8.97. The van der Waals surface area contributed by atoms with E-state index in [1.165, 1.54) is 24.8 Å². The number of rotatable bonds is 4. The average molecular weight is 293 g/mol. The standard InChI is InChI=1S/C17H27NOS/c1-4-5-14-8-9-15(18)17(11-14)20(19)16-10-12(2)6-7-13(16)3/h6-7,10,14-15,17H,4-5,8-9,11,18H2,1-3H3. The highest BCUT2D eigenvalue weighted by molar-refractivity contribution is 7.85. The number of nitrogens with two attached hydrogens (primary N) is 1. The van der Waals surface area contributed by atoms with Gasteiger partial charge in [-0.3, -0.25) is 4.21 Å². The van der Waals surface area contributed by atoms with Gasteiger partial charge < -0.3 is 5.73 Å². The third-order valence-corrected chi connectivity index (χ3v) is 6.45. The molecular formula is C17H27NOS. The summed E-state index contributed by atoms with van der Waals surface area (Å²) < 4.78 is 13.0. The Balaban J connectivity index is 2.19. The Morgan fingerprint density at radius 1 is 1.30 bits per heavy atom. The number of aryl methyl sites for hydroxylation is 2.